The van der Waals surface area contributed by atoms with Crippen LogP contribution < -0.4 is 20.3 Å². The van der Waals surface area contributed by atoms with Gasteiger partial charge in [-0.25, -0.2) is 4.68 Å². The Morgan fingerprint density at radius 3 is 2.72 bits per heavy atom. The van der Waals surface area contributed by atoms with Gasteiger partial charge in [0, 0.05) is 29.5 Å². The number of rotatable bonds is 5. The second kappa shape index (κ2) is 7.31. The first-order valence-electron chi connectivity index (χ1n) is 8.98. The van der Waals surface area contributed by atoms with Crippen molar-refractivity contribution in [1.29, 1.82) is 0 Å². The molecule has 1 amide bonds. The number of methoxy groups -OCH3 is 2. The summed E-state index contributed by atoms with van der Waals surface area (Å²) in [4.78, 5) is 25.6. The van der Waals surface area contributed by atoms with E-state index < -0.39 is 5.56 Å². The molecular formula is C21H20N4O4. The molecule has 148 valence electrons. The molecule has 4 aromatic rings. The Morgan fingerprint density at radius 2 is 1.97 bits per heavy atom. The number of aryl methyl sites for hydroxylation is 1. The summed E-state index contributed by atoms with van der Waals surface area (Å²) >= 11 is 0. The van der Waals surface area contributed by atoms with Crippen molar-refractivity contribution in [1.82, 2.24) is 14.3 Å². The van der Waals surface area contributed by atoms with Gasteiger partial charge in [-0.2, -0.15) is 5.10 Å². The van der Waals surface area contributed by atoms with E-state index in [-0.39, 0.29) is 12.5 Å². The van der Waals surface area contributed by atoms with Crippen LogP contribution in [0.3, 0.4) is 0 Å². The summed E-state index contributed by atoms with van der Waals surface area (Å²) in [5, 5.41) is 8.85. The van der Waals surface area contributed by atoms with E-state index in [1.807, 2.05) is 42.1 Å². The van der Waals surface area contributed by atoms with Crippen molar-refractivity contribution >= 4 is 33.3 Å². The van der Waals surface area contributed by atoms with E-state index in [9.17, 15) is 9.59 Å². The lowest BCUT2D eigenvalue weighted by Crippen LogP contribution is -2.29. The van der Waals surface area contributed by atoms with Gasteiger partial charge in [-0.15, -0.1) is 0 Å². The van der Waals surface area contributed by atoms with Crippen molar-refractivity contribution in [2.45, 2.75) is 6.54 Å². The van der Waals surface area contributed by atoms with E-state index >= 15 is 0 Å². The lowest BCUT2D eigenvalue weighted by Gasteiger charge is -2.12. The molecule has 0 bridgehead atoms. The number of hydrogen-bond acceptors (Lipinski definition) is 5. The van der Waals surface area contributed by atoms with Crippen LogP contribution in [0.5, 0.6) is 11.5 Å². The summed E-state index contributed by atoms with van der Waals surface area (Å²) in [7, 11) is 4.91. The van der Waals surface area contributed by atoms with Crippen molar-refractivity contribution < 1.29 is 14.3 Å². The number of nitrogens with one attached hydrogen (secondary N) is 1. The highest BCUT2D eigenvalue weighted by Crippen LogP contribution is 2.32. The highest BCUT2D eigenvalue weighted by atomic mass is 16.5. The summed E-state index contributed by atoms with van der Waals surface area (Å²) < 4.78 is 13.7. The fourth-order valence-corrected chi connectivity index (χ4v) is 3.43. The number of fused-ring (bicyclic) bond motifs is 2. The number of hydrogen-bond donors (Lipinski definition) is 1. The summed E-state index contributed by atoms with van der Waals surface area (Å²) in [6, 6.07) is 11.0. The highest BCUT2D eigenvalue weighted by Gasteiger charge is 2.16. The number of aromatic nitrogens is 3. The molecule has 0 saturated heterocycles. The molecule has 0 atom stereocenters. The number of carbonyl (C=O) groups is 1. The number of carbonyl (C=O) groups excluding carboxylic acids is 1. The van der Waals surface area contributed by atoms with Crippen LogP contribution in [-0.2, 0) is 18.4 Å². The van der Waals surface area contributed by atoms with Crippen molar-refractivity contribution in [2.24, 2.45) is 7.05 Å². The molecule has 0 aliphatic heterocycles. The number of anilines is 1. The second-order valence-corrected chi connectivity index (χ2v) is 6.59. The van der Waals surface area contributed by atoms with Crippen molar-refractivity contribution in [3.8, 4) is 11.5 Å². The largest absolute Gasteiger partial charge is 0.493 e. The van der Waals surface area contributed by atoms with Crippen molar-refractivity contribution in [3.05, 3.63) is 59.1 Å². The van der Waals surface area contributed by atoms with Gasteiger partial charge in [-0.05, 0) is 30.3 Å². The smallest absolute Gasteiger partial charge is 0.279 e. The topological polar surface area (TPSA) is 87.4 Å². The minimum absolute atomic E-state index is 0.224. The minimum Gasteiger partial charge on any atom is -0.493 e. The van der Waals surface area contributed by atoms with E-state index in [1.165, 1.54) is 20.4 Å². The van der Waals surface area contributed by atoms with Gasteiger partial charge in [-0.1, -0.05) is 6.07 Å². The van der Waals surface area contributed by atoms with Crippen LogP contribution in [0.2, 0.25) is 0 Å². The van der Waals surface area contributed by atoms with Crippen LogP contribution in [0.4, 0.5) is 5.69 Å². The molecule has 8 nitrogen and oxygen atoms in total. The molecule has 2 heterocycles. The SMILES string of the molecule is COc1ccc2cnn(CC(=O)Nc3cccc4c3ccn4C)c(=O)c2c1OC. The second-order valence-electron chi connectivity index (χ2n) is 6.59. The van der Waals surface area contributed by atoms with Gasteiger partial charge >= 0.3 is 0 Å². The maximum atomic E-state index is 13.0. The quantitative estimate of drug-likeness (QED) is 0.564. The third kappa shape index (κ3) is 3.18. The molecule has 0 spiro atoms. The monoisotopic (exact) mass is 392 g/mol. The fourth-order valence-electron chi connectivity index (χ4n) is 3.43. The molecule has 29 heavy (non-hydrogen) atoms. The number of ether oxygens (including phenoxy) is 2. The zero-order valence-electron chi connectivity index (χ0n) is 16.3. The predicted octanol–water partition coefficient (Wildman–Crippen LogP) is 2.54. The van der Waals surface area contributed by atoms with Gasteiger partial charge in [0.15, 0.2) is 11.5 Å². The number of amides is 1. The van der Waals surface area contributed by atoms with Gasteiger partial charge in [-0.3, -0.25) is 9.59 Å². The number of benzene rings is 2. The van der Waals surface area contributed by atoms with Crippen LogP contribution in [0.1, 0.15) is 0 Å². The van der Waals surface area contributed by atoms with Crippen molar-refractivity contribution in [3.63, 3.8) is 0 Å². The van der Waals surface area contributed by atoms with E-state index in [1.54, 1.807) is 12.1 Å². The van der Waals surface area contributed by atoms with Gasteiger partial charge in [0.25, 0.3) is 5.56 Å². The van der Waals surface area contributed by atoms with Crippen LogP contribution in [-0.4, -0.2) is 34.5 Å². The Balaban J connectivity index is 1.67. The Labute approximate surface area is 166 Å². The van der Waals surface area contributed by atoms with Gasteiger partial charge < -0.3 is 19.4 Å². The molecule has 0 unspecified atom stereocenters. The standard InChI is InChI=1S/C21H20N4O4/c1-24-10-9-14-15(5-4-6-16(14)24)23-18(26)12-25-21(27)19-13(11-22-25)7-8-17(28-2)20(19)29-3/h4-11H,12H2,1-3H3,(H,23,26). The minimum atomic E-state index is -0.425. The van der Waals surface area contributed by atoms with E-state index in [0.717, 1.165) is 15.6 Å². The van der Waals surface area contributed by atoms with Crippen LogP contribution in [0.25, 0.3) is 21.7 Å². The number of nitrogens with zero attached hydrogens (tertiary/aromatic N) is 3. The first-order chi connectivity index (χ1) is 14.0. The van der Waals surface area contributed by atoms with E-state index in [2.05, 4.69) is 10.4 Å². The Hall–Kier alpha value is -3.81. The molecule has 4 rings (SSSR count). The van der Waals surface area contributed by atoms with Gasteiger partial charge in [0.2, 0.25) is 5.91 Å². The third-order valence-corrected chi connectivity index (χ3v) is 4.86. The molecule has 2 aromatic carbocycles. The third-order valence-electron chi connectivity index (χ3n) is 4.86. The Bertz CT molecular complexity index is 1290. The van der Waals surface area contributed by atoms with E-state index in [0.29, 0.717) is 28.0 Å². The lowest BCUT2D eigenvalue weighted by atomic mass is 10.1. The van der Waals surface area contributed by atoms with E-state index in [4.69, 9.17) is 9.47 Å². The van der Waals surface area contributed by atoms with Crippen LogP contribution in [0, 0.1) is 0 Å². The first-order valence-corrected chi connectivity index (χ1v) is 8.98. The van der Waals surface area contributed by atoms with Crippen LogP contribution >= 0.6 is 0 Å². The normalized spacial score (nSPS) is 11.0. The maximum absolute atomic E-state index is 13.0. The Morgan fingerprint density at radius 1 is 1.14 bits per heavy atom. The summed E-state index contributed by atoms with van der Waals surface area (Å²) in [5.41, 5.74) is 1.26. The average molecular weight is 392 g/mol. The summed E-state index contributed by atoms with van der Waals surface area (Å²) in [6.45, 7) is -0.224. The van der Waals surface area contributed by atoms with Crippen molar-refractivity contribution in [2.75, 3.05) is 19.5 Å². The molecule has 0 radical (unpaired) electrons. The maximum Gasteiger partial charge on any atom is 0.279 e. The zero-order valence-corrected chi connectivity index (χ0v) is 16.3. The molecule has 0 aliphatic carbocycles. The lowest BCUT2D eigenvalue weighted by molar-refractivity contribution is -0.117. The van der Waals surface area contributed by atoms with Gasteiger partial charge in [0.1, 0.15) is 6.54 Å². The highest BCUT2D eigenvalue weighted by molar-refractivity contribution is 6.01. The average Bonchev–Trinajstić information content (AvgIpc) is 3.11. The predicted molar refractivity (Wildman–Crippen MR) is 111 cm³/mol. The van der Waals surface area contributed by atoms with Crippen LogP contribution in [0.15, 0.2) is 53.6 Å². The zero-order chi connectivity index (χ0) is 20.5. The molecule has 0 fully saturated rings. The molecule has 8 heteroatoms. The van der Waals surface area contributed by atoms with Gasteiger partial charge in [0.05, 0.1) is 31.5 Å². The molecule has 1 N–H and O–H groups in total. The summed E-state index contributed by atoms with van der Waals surface area (Å²) in [5.74, 6) is 0.410. The summed E-state index contributed by atoms with van der Waals surface area (Å²) in [6.07, 6.45) is 3.46. The molecular weight excluding hydrogens is 372 g/mol. The molecule has 0 aliphatic rings. The molecule has 2 aromatic heterocycles. The molecule has 0 saturated carbocycles. The first kappa shape index (κ1) is 18.5. The fraction of sp³-hybridized carbons (Fsp3) is 0.190. The Kier molecular flexibility index (Phi) is 4.67.